The van der Waals surface area contributed by atoms with E-state index < -0.39 is 10.0 Å². The van der Waals surface area contributed by atoms with Crippen LogP contribution in [0.4, 0.5) is 0 Å². The molecule has 2 unspecified atom stereocenters. The monoisotopic (exact) mass is 325 g/mol. The molecule has 1 aliphatic heterocycles. The van der Waals surface area contributed by atoms with Gasteiger partial charge in [-0.3, -0.25) is 4.79 Å². The van der Waals surface area contributed by atoms with Gasteiger partial charge in [0.25, 0.3) is 0 Å². The molecule has 0 aliphatic carbocycles. The summed E-state index contributed by atoms with van der Waals surface area (Å²) in [5.74, 6) is -0.164. The van der Waals surface area contributed by atoms with Gasteiger partial charge in [0.1, 0.15) is 0 Å². The number of piperazine rings is 1. The van der Waals surface area contributed by atoms with Crippen LogP contribution in [-0.4, -0.2) is 62.3 Å². The largest absolute Gasteiger partial charge is 0.336 e. The molecule has 2 rings (SSSR count). The molecule has 1 aromatic rings. The Kier molecular flexibility index (Phi) is 5.20. The van der Waals surface area contributed by atoms with Gasteiger partial charge in [-0.2, -0.15) is 4.31 Å². The predicted molar refractivity (Wildman–Crippen MR) is 84.9 cm³/mol. The van der Waals surface area contributed by atoms with Gasteiger partial charge < -0.3 is 10.2 Å². The summed E-state index contributed by atoms with van der Waals surface area (Å²) in [6, 6.07) is 8.42. The number of carbonyl (C=O) groups is 1. The highest BCUT2D eigenvalue weighted by Gasteiger charge is 2.30. The standard InChI is InChI=1S/C15H23N3O3S/c1-12-13(2)18(10-9-16-12)15(19)11-17(3)22(20,21)14-7-5-4-6-8-14/h4-8,12-13,16H,9-11H2,1-3H3. The topological polar surface area (TPSA) is 69.7 Å². The summed E-state index contributed by atoms with van der Waals surface area (Å²) in [6.45, 7) is 5.18. The zero-order valence-corrected chi connectivity index (χ0v) is 14.0. The van der Waals surface area contributed by atoms with Crippen molar-refractivity contribution in [2.24, 2.45) is 0 Å². The molecular formula is C15H23N3O3S. The van der Waals surface area contributed by atoms with Crippen molar-refractivity contribution in [3.8, 4) is 0 Å². The SMILES string of the molecule is CC1NCCN(C(=O)CN(C)S(=O)(=O)c2ccccc2)C1C. The zero-order chi connectivity index (χ0) is 16.3. The van der Waals surface area contributed by atoms with E-state index in [0.29, 0.717) is 6.54 Å². The van der Waals surface area contributed by atoms with Crippen LogP contribution in [-0.2, 0) is 14.8 Å². The van der Waals surface area contributed by atoms with Crippen LogP contribution in [0.2, 0.25) is 0 Å². The number of hydrogen-bond donors (Lipinski definition) is 1. The molecule has 2 atom stereocenters. The molecule has 22 heavy (non-hydrogen) atoms. The molecule has 0 spiro atoms. The Bertz CT molecular complexity index is 618. The first-order chi connectivity index (χ1) is 10.3. The van der Waals surface area contributed by atoms with Crippen molar-refractivity contribution in [1.29, 1.82) is 0 Å². The van der Waals surface area contributed by atoms with Gasteiger partial charge in [0.2, 0.25) is 15.9 Å². The van der Waals surface area contributed by atoms with Crippen LogP contribution in [0.25, 0.3) is 0 Å². The molecule has 6 nitrogen and oxygen atoms in total. The van der Waals surface area contributed by atoms with Crippen LogP contribution in [0.3, 0.4) is 0 Å². The molecule has 0 radical (unpaired) electrons. The second kappa shape index (κ2) is 6.76. The molecule has 1 fully saturated rings. The minimum atomic E-state index is -3.63. The van der Waals surface area contributed by atoms with E-state index in [9.17, 15) is 13.2 Å². The van der Waals surface area contributed by atoms with Crippen LogP contribution < -0.4 is 5.32 Å². The Morgan fingerprint density at radius 2 is 1.95 bits per heavy atom. The lowest BCUT2D eigenvalue weighted by atomic mass is 10.1. The van der Waals surface area contributed by atoms with Gasteiger partial charge in [-0.1, -0.05) is 18.2 Å². The van der Waals surface area contributed by atoms with E-state index in [0.717, 1.165) is 10.8 Å². The molecule has 1 saturated heterocycles. The Balaban J connectivity index is 2.08. The summed E-state index contributed by atoms with van der Waals surface area (Å²) in [5, 5.41) is 3.30. The maximum absolute atomic E-state index is 12.4. The average molecular weight is 325 g/mol. The molecule has 0 aromatic heterocycles. The maximum Gasteiger partial charge on any atom is 0.243 e. The molecule has 0 saturated carbocycles. The van der Waals surface area contributed by atoms with Gasteiger partial charge >= 0.3 is 0 Å². The highest BCUT2D eigenvalue weighted by molar-refractivity contribution is 7.89. The van der Waals surface area contributed by atoms with E-state index in [1.165, 1.54) is 19.2 Å². The van der Waals surface area contributed by atoms with Crippen LogP contribution in [0.1, 0.15) is 13.8 Å². The van der Waals surface area contributed by atoms with Gasteiger partial charge in [-0.25, -0.2) is 8.42 Å². The summed E-state index contributed by atoms with van der Waals surface area (Å²) in [5.41, 5.74) is 0. The van der Waals surface area contributed by atoms with Crippen LogP contribution in [0.15, 0.2) is 35.2 Å². The number of hydrogen-bond acceptors (Lipinski definition) is 4. The number of benzene rings is 1. The lowest BCUT2D eigenvalue weighted by Crippen LogP contribution is -2.58. The van der Waals surface area contributed by atoms with Crippen LogP contribution >= 0.6 is 0 Å². The molecule has 1 amide bonds. The summed E-state index contributed by atoms with van der Waals surface area (Å²) in [6.07, 6.45) is 0. The van der Waals surface area contributed by atoms with E-state index in [4.69, 9.17) is 0 Å². The smallest absolute Gasteiger partial charge is 0.243 e. The molecule has 7 heteroatoms. The predicted octanol–water partition coefficient (Wildman–Crippen LogP) is 0.516. The minimum Gasteiger partial charge on any atom is -0.336 e. The van der Waals surface area contributed by atoms with E-state index in [-0.39, 0.29) is 29.4 Å². The highest BCUT2D eigenvalue weighted by atomic mass is 32.2. The van der Waals surface area contributed by atoms with Gasteiger partial charge in [-0.05, 0) is 26.0 Å². The summed E-state index contributed by atoms with van der Waals surface area (Å²) in [4.78, 5) is 14.4. The van der Waals surface area contributed by atoms with Crippen molar-refractivity contribution in [3.05, 3.63) is 30.3 Å². The fourth-order valence-corrected chi connectivity index (χ4v) is 3.69. The third kappa shape index (κ3) is 3.48. The van der Waals surface area contributed by atoms with Gasteiger partial charge in [0.15, 0.2) is 0 Å². The van der Waals surface area contributed by atoms with Crippen LogP contribution in [0.5, 0.6) is 0 Å². The normalized spacial score (nSPS) is 22.8. The second-order valence-corrected chi connectivity index (χ2v) is 7.69. The van der Waals surface area contributed by atoms with Crippen molar-refractivity contribution < 1.29 is 13.2 Å². The van der Waals surface area contributed by atoms with E-state index in [2.05, 4.69) is 5.32 Å². The van der Waals surface area contributed by atoms with Crippen molar-refractivity contribution in [3.63, 3.8) is 0 Å². The number of sulfonamides is 1. The number of nitrogens with one attached hydrogen (secondary N) is 1. The minimum absolute atomic E-state index is 0.0501. The van der Waals surface area contributed by atoms with Crippen molar-refractivity contribution >= 4 is 15.9 Å². The number of nitrogens with zero attached hydrogens (tertiary/aromatic N) is 2. The molecular weight excluding hydrogens is 302 g/mol. The number of carbonyl (C=O) groups excluding carboxylic acids is 1. The maximum atomic E-state index is 12.4. The van der Waals surface area contributed by atoms with Crippen molar-refractivity contribution in [1.82, 2.24) is 14.5 Å². The van der Waals surface area contributed by atoms with E-state index >= 15 is 0 Å². The molecule has 1 N–H and O–H groups in total. The van der Waals surface area contributed by atoms with Crippen molar-refractivity contribution in [2.45, 2.75) is 30.8 Å². The fourth-order valence-electron chi connectivity index (χ4n) is 2.55. The zero-order valence-electron chi connectivity index (χ0n) is 13.2. The quantitative estimate of drug-likeness (QED) is 0.876. The lowest BCUT2D eigenvalue weighted by Gasteiger charge is -2.39. The molecule has 0 bridgehead atoms. The van der Waals surface area contributed by atoms with Gasteiger partial charge in [0.05, 0.1) is 11.4 Å². The fraction of sp³-hybridized carbons (Fsp3) is 0.533. The summed E-state index contributed by atoms with van der Waals surface area (Å²) < 4.78 is 26.0. The first-order valence-corrected chi connectivity index (χ1v) is 8.82. The third-order valence-electron chi connectivity index (χ3n) is 4.16. The molecule has 1 heterocycles. The van der Waals surface area contributed by atoms with E-state index in [1.54, 1.807) is 23.1 Å². The van der Waals surface area contributed by atoms with Crippen molar-refractivity contribution in [2.75, 3.05) is 26.7 Å². The Morgan fingerprint density at radius 1 is 1.32 bits per heavy atom. The Labute approximate surface area is 132 Å². The molecule has 1 aliphatic rings. The lowest BCUT2D eigenvalue weighted by molar-refractivity contribution is -0.134. The average Bonchev–Trinajstić information content (AvgIpc) is 2.50. The van der Waals surface area contributed by atoms with E-state index in [1.807, 2.05) is 13.8 Å². The number of rotatable bonds is 4. The summed E-state index contributed by atoms with van der Waals surface area (Å²) >= 11 is 0. The van der Waals surface area contributed by atoms with Gasteiger partial charge in [0, 0.05) is 32.2 Å². The summed E-state index contributed by atoms with van der Waals surface area (Å²) in [7, 11) is -2.19. The Hall–Kier alpha value is -1.44. The first kappa shape index (κ1) is 16.9. The first-order valence-electron chi connectivity index (χ1n) is 7.38. The number of amides is 1. The number of likely N-dealkylation sites (N-methyl/N-ethyl adjacent to an activating group) is 1. The second-order valence-electron chi connectivity index (χ2n) is 5.64. The van der Waals surface area contributed by atoms with Gasteiger partial charge in [-0.15, -0.1) is 0 Å². The molecule has 1 aromatic carbocycles. The molecule has 122 valence electrons. The van der Waals surface area contributed by atoms with Crippen LogP contribution in [0, 0.1) is 0 Å². The Morgan fingerprint density at radius 3 is 2.59 bits per heavy atom. The highest BCUT2D eigenvalue weighted by Crippen LogP contribution is 2.15. The third-order valence-corrected chi connectivity index (χ3v) is 5.98.